The number of carbonyl (C=O) groups is 3. The highest BCUT2D eigenvalue weighted by atomic mass is 16.6. The highest BCUT2D eigenvalue weighted by Crippen LogP contribution is 1.95. The van der Waals surface area contributed by atoms with E-state index in [0.717, 1.165) is 0 Å². The predicted molar refractivity (Wildman–Crippen MR) is 41.2 cm³/mol. The van der Waals surface area contributed by atoms with Gasteiger partial charge in [-0.3, -0.25) is 9.59 Å². The second-order valence-corrected chi connectivity index (χ2v) is 2.23. The maximum atomic E-state index is 10.7. The van der Waals surface area contributed by atoms with Gasteiger partial charge in [-0.25, -0.2) is 4.79 Å². The molecule has 0 bridgehead atoms. The molecule has 0 radical (unpaired) electrons. The molecule has 68 valence electrons. The van der Waals surface area contributed by atoms with Crippen molar-refractivity contribution in [2.24, 2.45) is 0 Å². The third-order valence-corrected chi connectivity index (χ3v) is 0.981. The van der Waals surface area contributed by atoms with Crippen molar-refractivity contribution in [2.75, 3.05) is 0 Å². The van der Waals surface area contributed by atoms with Crippen LogP contribution in [0.4, 0.5) is 0 Å². The largest absolute Gasteiger partial charge is 0.389 e. The van der Waals surface area contributed by atoms with E-state index in [0.29, 0.717) is 0 Å². The molecule has 0 aromatic rings. The minimum absolute atomic E-state index is 0.416. The Morgan fingerprint density at radius 2 is 2.00 bits per heavy atom. The molecule has 5 heteroatoms. The van der Waals surface area contributed by atoms with E-state index in [1.54, 1.807) is 0 Å². The zero-order valence-electron chi connectivity index (χ0n) is 6.99. The van der Waals surface area contributed by atoms with Crippen LogP contribution in [0.15, 0.2) is 12.2 Å². The number of rotatable bonds is 3. The number of nitriles is 1. The Hall–Kier alpha value is -1.96. The van der Waals surface area contributed by atoms with E-state index in [2.05, 4.69) is 11.3 Å². The number of Topliss-reactive ketones (excluding diaryl/α,β-unsaturated/α-hetero) is 1. The number of carbonyl (C=O) groups excluding carboxylic acids is 3. The molecule has 0 aliphatic carbocycles. The maximum absolute atomic E-state index is 10.7. The van der Waals surface area contributed by atoms with E-state index >= 15 is 0 Å². The van der Waals surface area contributed by atoms with E-state index in [1.165, 1.54) is 13.0 Å². The van der Waals surface area contributed by atoms with Gasteiger partial charge in [0.05, 0.1) is 0 Å². The van der Waals surface area contributed by atoms with Gasteiger partial charge in [0.15, 0.2) is 0 Å². The van der Waals surface area contributed by atoms with E-state index in [4.69, 9.17) is 5.26 Å². The number of ether oxygens (including phenoxy) is 1. The van der Waals surface area contributed by atoms with Crippen LogP contribution in [0.3, 0.4) is 0 Å². The van der Waals surface area contributed by atoms with Crippen LogP contribution in [0.2, 0.25) is 0 Å². The van der Waals surface area contributed by atoms with Crippen molar-refractivity contribution in [1.82, 2.24) is 0 Å². The van der Waals surface area contributed by atoms with E-state index < -0.39 is 29.7 Å². The summed E-state index contributed by atoms with van der Waals surface area (Å²) in [6, 6.07) is 1.42. The summed E-state index contributed by atoms with van der Waals surface area (Å²) in [6.07, 6.45) is -0.482. The van der Waals surface area contributed by atoms with Crippen molar-refractivity contribution in [2.45, 2.75) is 13.3 Å². The van der Waals surface area contributed by atoms with Crippen LogP contribution in [0.1, 0.15) is 13.3 Å². The van der Waals surface area contributed by atoms with Gasteiger partial charge in [0.2, 0.25) is 0 Å². The van der Waals surface area contributed by atoms with Crippen molar-refractivity contribution >= 4 is 17.7 Å². The first kappa shape index (κ1) is 11.0. The van der Waals surface area contributed by atoms with Gasteiger partial charge in [0, 0.05) is 0 Å². The Morgan fingerprint density at radius 1 is 1.46 bits per heavy atom. The summed E-state index contributed by atoms with van der Waals surface area (Å²) in [6.45, 7) is 4.22. The minimum atomic E-state index is -1.12. The number of esters is 2. The lowest BCUT2D eigenvalue weighted by Gasteiger charge is -1.97. The van der Waals surface area contributed by atoms with Crippen LogP contribution < -0.4 is 0 Å². The molecule has 0 saturated heterocycles. The van der Waals surface area contributed by atoms with Gasteiger partial charge in [-0.1, -0.05) is 6.58 Å². The fraction of sp³-hybridized carbons (Fsp3) is 0.250. The Labute approximate surface area is 74.6 Å². The molecule has 0 amide bonds. The second kappa shape index (κ2) is 4.83. The fourth-order valence-electron chi connectivity index (χ4n) is 0.450. The van der Waals surface area contributed by atoms with Gasteiger partial charge in [0.1, 0.15) is 23.8 Å². The Balaban J connectivity index is 4.09. The molecule has 0 rings (SSSR count). The van der Waals surface area contributed by atoms with Crippen LogP contribution >= 0.6 is 0 Å². The molecule has 0 aromatic carbocycles. The highest BCUT2D eigenvalue weighted by Gasteiger charge is 2.14. The van der Waals surface area contributed by atoms with Gasteiger partial charge in [-0.15, -0.1) is 0 Å². The third-order valence-electron chi connectivity index (χ3n) is 0.981. The smallest absolute Gasteiger partial charge is 0.355 e. The fourth-order valence-corrected chi connectivity index (χ4v) is 0.450. The Morgan fingerprint density at radius 3 is 2.38 bits per heavy atom. The summed E-state index contributed by atoms with van der Waals surface area (Å²) in [5.41, 5.74) is -0.475. The van der Waals surface area contributed by atoms with Gasteiger partial charge >= 0.3 is 11.9 Å². The lowest BCUT2D eigenvalue weighted by molar-refractivity contribution is -0.157. The number of nitrogens with zero attached hydrogens (tertiary/aromatic N) is 1. The topological polar surface area (TPSA) is 84.2 Å². The van der Waals surface area contributed by atoms with Crippen LogP contribution in [-0.4, -0.2) is 17.7 Å². The van der Waals surface area contributed by atoms with Crippen LogP contribution in [0, 0.1) is 11.3 Å². The van der Waals surface area contributed by atoms with Crippen LogP contribution in [-0.2, 0) is 19.1 Å². The molecule has 0 aliphatic heterocycles. The first-order valence-electron chi connectivity index (χ1n) is 3.30. The Bertz CT molecular complexity index is 311. The first-order chi connectivity index (χ1) is 5.97. The molecule has 0 fully saturated rings. The first-order valence-corrected chi connectivity index (χ1v) is 3.30. The molecule has 0 heterocycles. The van der Waals surface area contributed by atoms with Crippen molar-refractivity contribution in [3.63, 3.8) is 0 Å². The maximum Gasteiger partial charge on any atom is 0.355 e. The van der Waals surface area contributed by atoms with Crippen LogP contribution in [0.5, 0.6) is 0 Å². The second-order valence-electron chi connectivity index (χ2n) is 2.23. The normalized spacial score (nSPS) is 8.31. The van der Waals surface area contributed by atoms with Gasteiger partial charge < -0.3 is 4.74 Å². The molecule has 5 nitrogen and oxygen atoms in total. The summed E-state index contributed by atoms with van der Waals surface area (Å²) in [5, 5.41) is 8.17. The van der Waals surface area contributed by atoms with E-state index in [9.17, 15) is 14.4 Å². The molecule has 0 spiro atoms. The summed E-state index contributed by atoms with van der Waals surface area (Å²) in [4.78, 5) is 31.7. The number of hydrogen-bond acceptors (Lipinski definition) is 5. The molecular weight excluding hydrogens is 174 g/mol. The zero-order chi connectivity index (χ0) is 10.4. The van der Waals surface area contributed by atoms with Crippen molar-refractivity contribution in [3.8, 4) is 6.07 Å². The quantitative estimate of drug-likeness (QED) is 0.267. The van der Waals surface area contributed by atoms with Crippen LogP contribution in [0.25, 0.3) is 0 Å². The molecular formula is C8H7NO4. The van der Waals surface area contributed by atoms with Crippen molar-refractivity contribution in [3.05, 3.63) is 12.2 Å². The number of ketones is 1. The average molecular weight is 181 g/mol. The van der Waals surface area contributed by atoms with E-state index in [1.807, 2.05) is 0 Å². The standard InChI is InChI=1S/C8H7NO4/c1-5(4-9)8(12)13-7(11)3-6(2)10/h1,3H2,2H3. The van der Waals surface area contributed by atoms with Gasteiger partial charge in [-0.2, -0.15) is 5.26 Å². The monoisotopic (exact) mass is 181 g/mol. The number of hydrogen-bond donors (Lipinski definition) is 0. The molecule has 13 heavy (non-hydrogen) atoms. The molecule has 0 atom stereocenters. The molecule has 0 unspecified atom stereocenters. The summed E-state index contributed by atoms with van der Waals surface area (Å²) < 4.78 is 4.09. The van der Waals surface area contributed by atoms with Crippen molar-refractivity contribution in [1.29, 1.82) is 5.26 Å². The molecule has 0 aromatic heterocycles. The van der Waals surface area contributed by atoms with Crippen molar-refractivity contribution < 1.29 is 19.1 Å². The lowest BCUT2D eigenvalue weighted by Crippen LogP contribution is -2.15. The van der Waals surface area contributed by atoms with E-state index in [-0.39, 0.29) is 0 Å². The third kappa shape index (κ3) is 4.48. The summed E-state index contributed by atoms with van der Waals surface area (Å²) in [5.74, 6) is -2.51. The Kier molecular flexibility index (Phi) is 4.10. The minimum Gasteiger partial charge on any atom is -0.389 e. The summed E-state index contributed by atoms with van der Waals surface area (Å²) >= 11 is 0. The summed E-state index contributed by atoms with van der Waals surface area (Å²) in [7, 11) is 0. The molecule has 0 aliphatic rings. The SMILES string of the molecule is C=C(C#N)C(=O)OC(=O)CC(C)=O. The molecule has 0 N–H and O–H groups in total. The highest BCUT2D eigenvalue weighted by molar-refractivity contribution is 6.03. The van der Waals surface area contributed by atoms with Gasteiger partial charge in [0.25, 0.3) is 0 Å². The zero-order valence-corrected chi connectivity index (χ0v) is 6.99. The average Bonchev–Trinajstić information content (AvgIpc) is 2.01. The lowest BCUT2D eigenvalue weighted by atomic mass is 10.3. The molecule has 0 saturated carbocycles. The predicted octanol–water partition coefficient (Wildman–Crippen LogP) is 0.115. The van der Waals surface area contributed by atoms with Gasteiger partial charge in [-0.05, 0) is 6.92 Å².